The van der Waals surface area contributed by atoms with E-state index in [1.807, 2.05) is 24.3 Å². The maximum atomic E-state index is 14.0. The van der Waals surface area contributed by atoms with E-state index >= 15 is 0 Å². The first kappa shape index (κ1) is 18.6. The highest BCUT2D eigenvalue weighted by Gasteiger charge is 2.22. The molecule has 0 fully saturated rings. The van der Waals surface area contributed by atoms with Crippen LogP contribution in [-0.4, -0.2) is 17.7 Å². The minimum Gasteiger partial charge on any atom is -0.365 e. The van der Waals surface area contributed by atoms with Crippen molar-refractivity contribution in [3.63, 3.8) is 0 Å². The van der Waals surface area contributed by atoms with Crippen molar-refractivity contribution in [2.45, 2.75) is 32.1 Å². The Bertz CT molecular complexity index is 925. The van der Waals surface area contributed by atoms with Gasteiger partial charge in [-0.05, 0) is 38.0 Å². The Kier molecular flexibility index (Phi) is 5.24. The summed E-state index contributed by atoms with van der Waals surface area (Å²) in [6, 6.07) is 16.5. The second-order valence-corrected chi connectivity index (χ2v) is 7.14. The number of halogens is 1. The molecule has 2 aromatic carbocycles. The van der Waals surface area contributed by atoms with Gasteiger partial charge in [0.05, 0.1) is 5.56 Å². The van der Waals surface area contributed by atoms with Crippen LogP contribution in [0.4, 0.5) is 4.39 Å². The topological polar surface area (TPSA) is 86.2 Å². The van der Waals surface area contributed by atoms with Crippen LogP contribution in [0.3, 0.4) is 0 Å². The maximum absolute atomic E-state index is 14.0. The molecule has 5 nitrogen and oxygen atoms in total. The van der Waals surface area contributed by atoms with E-state index in [4.69, 9.17) is 11.0 Å². The minimum absolute atomic E-state index is 0.00969. The SMILES string of the molecule is CC(C)(Cc1ccccc1)NC1=NC(N)NC(c2ccc(C#N)c(F)c2)=C1. The lowest BCUT2D eigenvalue weighted by molar-refractivity contribution is 0.455. The molecule has 4 N–H and O–H groups in total. The molecule has 1 aliphatic heterocycles. The molecule has 1 unspecified atom stereocenters. The second kappa shape index (κ2) is 7.60. The number of nitrogens with one attached hydrogen (secondary N) is 2. The molecule has 27 heavy (non-hydrogen) atoms. The maximum Gasteiger partial charge on any atom is 0.173 e. The Morgan fingerprint density at radius 2 is 2.00 bits per heavy atom. The van der Waals surface area contributed by atoms with Gasteiger partial charge in [-0.15, -0.1) is 0 Å². The third-order valence-electron chi connectivity index (χ3n) is 4.22. The zero-order valence-electron chi connectivity index (χ0n) is 15.3. The van der Waals surface area contributed by atoms with Crippen LogP contribution < -0.4 is 16.4 Å². The van der Waals surface area contributed by atoms with Gasteiger partial charge in [0.15, 0.2) is 6.29 Å². The number of aliphatic imine (C=N–C) groups is 1. The number of nitrogens with zero attached hydrogens (tertiary/aromatic N) is 2. The summed E-state index contributed by atoms with van der Waals surface area (Å²) in [5.41, 5.74) is 8.22. The van der Waals surface area contributed by atoms with Gasteiger partial charge < -0.3 is 10.6 Å². The van der Waals surface area contributed by atoms with Crippen molar-refractivity contribution >= 4 is 11.5 Å². The van der Waals surface area contributed by atoms with Crippen LogP contribution in [-0.2, 0) is 6.42 Å². The highest BCUT2D eigenvalue weighted by molar-refractivity contribution is 6.00. The fourth-order valence-corrected chi connectivity index (χ4v) is 3.06. The lowest BCUT2D eigenvalue weighted by Crippen LogP contribution is -2.48. The summed E-state index contributed by atoms with van der Waals surface area (Å²) < 4.78 is 14.0. The van der Waals surface area contributed by atoms with E-state index < -0.39 is 12.1 Å². The first-order valence-corrected chi connectivity index (χ1v) is 8.70. The number of rotatable bonds is 4. The minimum atomic E-state index is -0.640. The number of amidine groups is 1. The standard InChI is InChI=1S/C21H22FN5/c1-21(2,12-14-6-4-3-5-7-14)27-19-11-18(25-20(24)26-19)15-8-9-16(13-23)17(22)10-15/h3-11,20,25H,12,24H2,1-2H3,(H,26,27). The molecular weight excluding hydrogens is 341 g/mol. The average molecular weight is 363 g/mol. The number of hydrogen-bond acceptors (Lipinski definition) is 5. The molecule has 3 rings (SSSR count). The van der Waals surface area contributed by atoms with E-state index in [2.05, 4.69) is 41.6 Å². The Morgan fingerprint density at radius 1 is 1.26 bits per heavy atom. The molecule has 1 atom stereocenters. The van der Waals surface area contributed by atoms with Crippen molar-refractivity contribution in [1.29, 1.82) is 5.26 Å². The van der Waals surface area contributed by atoms with Gasteiger partial charge in [-0.2, -0.15) is 5.26 Å². The lowest BCUT2D eigenvalue weighted by Gasteiger charge is -2.30. The van der Waals surface area contributed by atoms with E-state index in [0.717, 1.165) is 6.42 Å². The van der Waals surface area contributed by atoms with Gasteiger partial charge >= 0.3 is 0 Å². The van der Waals surface area contributed by atoms with Crippen molar-refractivity contribution in [1.82, 2.24) is 10.6 Å². The van der Waals surface area contributed by atoms with Crippen LogP contribution in [0.25, 0.3) is 5.70 Å². The van der Waals surface area contributed by atoms with Crippen LogP contribution >= 0.6 is 0 Å². The predicted molar refractivity (Wildman–Crippen MR) is 105 cm³/mol. The first-order chi connectivity index (χ1) is 12.9. The smallest absolute Gasteiger partial charge is 0.173 e. The van der Waals surface area contributed by atoms with Gasteiger partial charge in [-0.3, -0.25) is 5.73 Å². The van der Waals surface area contributed by atoms with Gasteiger partial charge in [0.1, 0.15) is 17.7 Å². The van der Waals surface area contributed by atoms with Gasteiger partial charge in [0.2, 0.25) is 0 Å². The summed E-state index contributed by atoms with van der Waals surface area (Å²) in [6.07, 6.45) is 1.97. The summed E-state index contributed by atoms with van der Waals surface area (Å²) >= 11 is 0. The molecule has 0 radical (unpaired) electrons. The first-order valence-electron chi connectivity index (χ1n) is 8.70. The van der Waals surface area contributed by atoms with Crippen molar-refractivity contribution in [2.75, 3.05) is 0 Å². The van der Waals surface area contributed by atoms with Crippen LogP contribution in [0.5, 0.6) is 0 Å². The molecule has 0 amide bonds. The Labute approximate surface area is 158 Å². The van der Waals surface area contributed by atoms with Crippen molar-refractivity contribution in [3.8, 4) is 6.07 Å². The fraction of sp³-hybridized carbons (Fsp3) is 0.238. The monoisotopic (exact) mass is 363 g/mol. The summed E-state index contributed by atoms with van der Waals surface area (Å²) in [4.78, 5) is 4.39. The molecule has 0 saturated heterocycles. The molecule has 1 heterocycles. The van der Waals surface area contributed by atoms with Crippen LogP contribution in [0, 0.1) is 17.1 Å². The van der Waals surface area contributed by atoms with Gasteiger partial charge in [0, 0.05) is 22.9 Å². The van der Waals surface area contributed by atoms with E-state index in [9.17, 15) is 4.39 Å². The van der Waals surface area contributed by atoms with Crippen LogP contribution in [0.2, 0.25) is 0 Å². The molecule has 0 aromatic heterocycles. The third kappa shape index (κ3) is 4.72. The molecule has 6 heteroatoms. The zero-order valence-corrected chi connectivity index (χ0v) is 15.3. The number of nitrogens with two attached hydrogens (primary N) is 1. The van der Waals surface area contributed by atoms with E-state index in [-0.39, 0.29) is 11.1 Å². The second-order valence-electron chi connectivity index (χ2n) is 7.14. The number of nitriles is 1. The van der Waals surface area contributed by atoms with Crippen LogP contribution in [0.1, 0.15) is 30.5 Å². The summed E-state index contributed by atoms with van der Waals surface area (Å²) in [7, 11) is 0. The lowest BCUT2D eigenvalue weighted by atomic mass is 9.94. The van der Waals surface area contributed by atoms with Crippen molar-refractivity contribution in [3.05, 3.63) is 77.1 Å². The van der Waals surface area contributed by atoms with Crippen molar-refractivity contribution < 1.29 is 4.39 Å². The van der Waals surface area contributed by atoms with Crippen LogP contribution in [0.15, 0.2) is 59.6 Å². The fourth-order valence-electron chi connectivity index (χ4n) is 3.06. The largest absolute Gasteiger partial charge is 0.365 e. The van der Waals surface area contributed by atoms with Gasteiger partial charge in [0.25, 0.3) is 0 Å². The molecule has 2 aromatic rings. The molecule has 0 aliphatic carbocycles. The third-order valence-corrected chi connectivity index (χ3v) is 4.22. The molecule has 138 valence electrons. The summed E-state index contributed by atoms with van der Waals surface area (Å²) in [5, 5.41) is 15.3. The molecule has 0 saturated carbocycles. The molecular formula is C21H22FN5. The summed E-state index contributed by atoms with van der Waals surface area (Å²) in [6.45, 7) is 4.18. The molecule has 0 bridgehead atoms. The van der Waals surface area contributed by atoms with Gasteiger partial charge in [-0.1, -0.05) is 36.4 Å². The summed E-state index contributed by atoms with van der Waals surface area (Å²) in [5.74, 6) is 0.0645. The normalized spacial score (nSPS) is 16.6. The van der Waals surface area contributed by atoms with E-state index in [1.54, 1.807) is 12.1 Å². The Balaban J connectivity index is 1.81. The molecule has 0 spiro atoms. The van der Waals surface area contributed by atoms with Crippen molar-refractivity contribution in [2.24, 2.45) is 10.7 Å². The Hall–Kier alpha value is -3.17. The molecule has 1 aliphatic rings. The van der Waals surface area contributed by atoms with Gasteiger partial charge in [-0.25, -0.2) is 9.38 Å². The highest BCUT2D eigenvalue weighted by atomic mass is 19.1. The quantitative estimate of drug-likeness (QED) is 0.780. The highest BCUT2D eigenvalue weighted by Crippen LogP contribution is 2.19. The Morgan fingerprint density at radius 3 is 2.67 bits per heavy atom. The zero-order chi connectivity index (χ0) is 19.4. The van der Waals surface area contributed by atoms with E-state index in [1.165, 1.54) is 17.7 Å². The number of benzene rings is 2. The average Bonchev–Trinajstić information content (AvgIpc) is 2.61. The van der Waals surface area contributed by atoms with E-state index in [0.29, 0.717) is 17.1 Å². The number of hydrogen-bond donors (Lipinski definition) is 3. The predicted octanol–water partition coefficient (Wildman–Crippen LogP) is 2.89.